The van der Waals surface area contributed by atoms with Gasteiger partial charge in [0.1, 0.15) is 11.5 Å². The summed E-state index contributed by atoms with van der Waals surface area (Å²) in [6.45, 7) is 1.79. The van der Waals surface area contributed by atoms with Crippen molar-refractivity contribution in [2.45, 2.75) is 25.3 Å². The zero-order valence-electron chi connectivity index (χ0n) is 18.8. The maximum Gasteiger partial charge on any atom is 0.442 e. The monoisotopic (exact) mass is 493 g/mol. The summed E-state index contributed by atoms with van der Waals surface area (Å²) in [6, 6.07) is 17.3. The maximum absolute atomic E-state index is 13.9. The van der Waals surface area contributed by atoms with E-state index in [4.69, 9.17) is 15.0 Å². The van der Waals surface area contributed by atoms with E-state index in [9.17, 15) is 18.0 Å². The van der Waals surface area contributed by atoms with Crippen LogP contribution in [-0.2, 0) is 12.2 Å². The van der Waals surface area contributed by atoms with Crippen LogP contribution in [0.25, 0.3) is 22.8 Å². The van der Waals surface area contributed by atoms with E-state index in [2.05, 4.69) is 20.4 Å². The molecule has 182 valence electrons. The zero-order chi connectivity index (χ0) is 25.5. The first kappa shape index (κ1) is 23.4. The van der Waals surface area contributed by atoms with Gasteiger partial charge < -0.3 is 15.0 Å². The fraction of sp³-hybridized carbons (Fsp3) is 0.160. The van der Waals surface area contributed by atoms with Crippen molar-refractivity contribution in [1.29, 1.82) is 0 Å². The van der Waals surface area contributed by atoms with E-state index in [-0.39, 0.29) is 40.1 Å². The summed E-state index contributed by atoms with van der Waals surface area (Å²) >= 11 is 0. The Labute approximate surface area is 202 Å². The van der Waals surface area contributed by atoms with Gasteiger partial charge in [0.05, 0.1) is 5.56 Å². The number of ether oxygens (including phenoxy) is 1. The van der Waals surface area contributed by atoms with E-state index in [0.29, 0.717) is 17.7 Å². The van der Waals surface area contributed by atoms with Crippen LogP contribution in [-0.4, -0.2) is 22.1 Å². The molecule has 0 saturated carbocycles. The number of rotatable bonds is 7. The van der Waals surface area contributed by atoms with Crippen molar-refractivity contribution in [3.05, 3.63) is 83.4 Å². The Balaban J connectivity index is 1.51. The van der Waals surface area contributed by atoms with Gasteiger partial charge in [0.25, 0.3) is 5.89 Å². The van der Waals surface area contributed by atoms with Crippen molar-refractivity contribution >= 4 is 5.78 Å². The molecule has 0 aliphatic carbocycles. The second-order valence-corrected chi connectivity index (χ2v) is 8.09. The first-order valence-electron chi connectivity index (χ1n) is 10.8. The average Bonchev–Trinajstić information content (AvgIpc) is 3.55. The van der Waals surface area contributed by atoms with Crippen LogP contribution in [0.5, 0.6) is 11.5 Å². The fourth-order valence-corrected chi connectivity index (χ4v) is 3.58. The smallest absolute Gasteiger partial charge is 0.442 e. The molecule has 0 unspecified atom stereocenters. The van der Waals surface area contributed by atoms with E-state index in [1.807, 2.05) is 12.1 Å². The van der Waals surface area contributed by atoms with Gasteiger partial charge in [-0.2, -0.15) is 18.2 Å². The molecule has 0 saturated heterocycles. The number of benzene rings is 3. The molecule has 1 aliphatic rings. The topological polar surface area (TPSA) is 116 Å². The van der Waals surface area contributed by atoms with Gasteiger partial charge in [-0.3, -0.25) is 4.79 Å². The standard InChI is InChI=1S/C25H18F3N5O3/c1-14(34)16-6-9-19(10-7-16)35-21-11-8-18(12-20(21)24(32-33-24)25(26,27)28)22-30-23(36-31-22)17-4-2-15(13-29)3-5-17/h2-12H,13,29H2,1H3. The second kappa shape index (κ2) is 8.68. The second-order valence-electron chi connectivity index (χ2n) is 8.09. The summed E-state index contributed by atoms with van der Waals surface area (Å²) in [6.07, 6.45) is -4.78. The van der Waals surface area contributed by atoms with Crippen molar-refractivity contribution in [2.75, 3.05) is 0 Å². The van der Waals surface area contributed by atoms with Crippen LogP contribution in [0.4, 0.5) is 13.2 Å². The molecule has 11 heteroatoms. The number of Topliss-reactive ketones (excluding diaryl/α,β-unsaturated/α-hetero) is 1. The van der Waals surface area contributed by atoms with Crippen molar-refractivity contribution in [3.63, 3.8) is 0 Å². The van der Waals surface area contributed by atoms with E-state index in [1.54, 1.807) is 12.1 Å². The third-order valence-corrected chi connectivity index (χ3v) is 5.66. The quantitative estimate of drug-likeness (QED) is 0.314. The van der Waals surface area contributed by atoms with Gasteiger partial charge in [0.2, 0.25) is 5.82 Å². The molecule has 2 heterocycles. The highest BCUT2D eigenvalue weighted by molar-refractivity contribution is 5.94. The lowest BCUT2D eigenvalue weighted by molar-refractivity contribution is -0.166. The third-order valence-electron chi connectivity index (χ3n) is 5.66. The molecule has 4 aromatic rings. The van der Waals surface area contributed by atoms with Crippen LogP contribution < -0.4 is 10.5 Å². The molecule has 1 aliphatic heterocycles. The highest BCUT2D eigenvalue weighted by atomic mass is 19.4. The minimum atomic E-state index is -4.78. The fourth-order valence-electron chi connectivity index (χ4n) is 3.58. The van der Waals surface area contributed by atoms with E-state index < -0.39 is 11.8 Å². The highest BCUT2D eigenvalue weighted by Gasteiger charge is 2.66. The van der Waals surface area contributed by atoms with Crippen LogP contribution in [0.2, 0.25) is 0 Å². The van der Waals surface area contributed by atoms with Gasteiger partial charge in [-0.05, 0) is 67.1 Å². The summed E-state index contributed by atoms with van der Waals surface area (Å²) in [5.74, 6) is 0.289. The number of ketones is 1. The SMILES string of the molecule is CC(=O)c1ccc(Oc2ccc(-c3noc(-c4ccc(CN)cc4)n3)cc2C2(C(F)(F)F)N=N2)cc1. The van der Waals surface area contributed by atoms with E-state index >= 15 is 0 Å². The Hall–Kier alpha value is -4.38. The van der Waals surface area contributed by atoms with Gasteiger partial charge in [0, 0.05) is 23.2 Å². The van der Waals surface area contributed by atoms with Crippen LogP contribution in [0.15, 0.2) is 81.5 Å². The highest BCUT2D eigenvalue weighted by Crippen LogP contribution is 2.55. The van der Waals surface area contributed by atoms with Gasteiger partial charge >= 0.3 is 11.8 Å². The lowest BCUT2D eigenvalue weighted by atomic mass is 9.98. The van der Waals surface area contributed by atoms with Gasteiger partial charge in [-0.15, -0.1) is 10.2 Å². The zero-order valence-corrected chi connectivity index (χ0v) is 18.8. The Morgan fingerprint density at radius 3 is 2.25 bits per heavy atom. The molecule has 0 radical (unpaired) electrons. The molecule has 5 rings (SSSR count). The Morgan fingerprint density at radius 1 is 1.00 bits per heavy atom. The average molecular weight is 493 g/mol. The Bertz CT molecular complexity index is 1460. The number of carbonyl (C=O) groups is 1. The van der Waals surface area contributed by atoms with Crippen LogP contribution in [0.1, 0.15) is 28.4 Å². The van der Waals surface area contributed by atoms with Gasteiger partial charge in [-0.1, -0.05) is 17.3 Å². The van der Waals surface area contributed by atoms with Crippen molar-refractivity contribution in [1.82, 2.24) is 10.1 Å². The van der Waals surface area contributed by atoms with Gasteiger partial charge in [-0.25, -0.2) is 0 Å². The molecule has 0 fully saturated rings. The Kier molecular flexibility index (Phi) is 5.64. The molecule has 8 nitrogen and oxygen atoms in total. The number of nitrogens with two attached hydrogens (primary N) is 1. The number of hydrogen-bond donors (Lipinski definition) is 1. The third kappa shape index (κ3) is 4.24. The summed E-state index contributed by atoms with van der Waals surface area (Å²) in [7, 11) is 0. The summed E-state index contributed by atoms with van der Waals surface area (Å²) in [4.78, 5) is 15.8. The first-order valence-corrected chi connectivity index (χ1v) is 10.8. The molecule has 0 atom stereocenters. The number of nitrogens with zero attached hydrogens (tertiary/aromatic N) is 4. The lowest BCUT2D eigenvalue weighted by Gasteiger charge is -2.19. The minimum Gasteiger partial charge on any atom is -0.457 e. The van der Waals surface area contributed by atoms with Crippen LogP contribution >= 0.6 is 0 Å². The molecule has 36 heavy (non-hydrogen) atoms. The molecular weight excluding hydrogens is 475 g/mol. The number of aromatic nitrogens is 2. The predicted octanol–water partition coefficient (Wildman–Crippen LogP) is 6.04. The van der Waals surface area contributed by atoms with Crippen LogP contribution in [0.3, 0.4) is 0 Å². The lowest BCUT2D eigenvalue weighted by Crippen LogP contribution is -2.30. The molecule has 0 spiro atoms. The molecule has 2 N–H and O–H groups in total. The minimum absolute atomic E-state index is 0.0875. The van der Waals surface area contributed by atoms with Crippen molar-refractivity contribution < 1.29 is 27.2 Å². The molecular formula is C25H18F3N5O3. The Morgan fingerprint density at radius 2 is 1.67 bits per heavy atom. The maximum atomic E-state index is 13.9. The van der Waals surface area contributed by atoms with E-state index in [0.717, 1.165) is 5.56 Å². The number of alkyl halides is 3. The predicted molar refractivity (Wildman–Crippen MR) is 122 cm³/mol. The largest absolute Gasteiger partial charge is 0.457 e. The van der Waals surface area contributed by atoms with Crippen molar-refractivity contribution in [2.24, 2.45) is 16.0 Å². The van der Waals surface area contributed by atoms with Crippen LogP contribution in [0, 0.1) is 0 Å². The number of hydrogen-bond acceptors (Lipinski definition) is 8. The molecule has 0 amide bonds. The summed E-state index contributed by atoms with van der Waals surface area (Å²) in [5, 5.41) is 10.6. The first-order chi connectivity index (χ1) is 17.2. The normalized spacial score (nSPS) is 14.0. The summed E-state index contributed by atoms with van der Waals surface area (Å²) in [5.41, 5.74) is 4.81. The molecule has 3 aromatic carbocycles. The number of halogens is 3. The number of carbonyl (C=O) groups excluding carboxylic acids is 1. The van der Waals surface area contributed by atoms with Crippen molar-refractivity contribution in [3.8, 4) is 34.3 Å². The molecule has 1 aromatic heterocycles. The van der Waals surface area contributed by atoms with E-state index in [1.165, 1.54) is 49.4 Å². The summed E-state index contributed by atoms with van der Waals surface area (Å²) < 4.78 is 52.8. The molecule has 0 bridgehead atoms. The van der Waals surface area contributed by atoms with Gasteiger partial charge in [0.15, 0.2) is 5.78 Å².